The van der Waals surface area contributed by atoms with Gasteiger partial charge in [-0.3, -0.25) is 4.79 Å². The van der Waals surface area contributed by atoms with Crippen LogP contribution in [0.15, 0.2) is 0 Å². The van der Waals surface area contributed by atoms with Crippen molar-refractivity contribution in [3.05, 3.63) is 0 Å². The molecule has 1 atom stereocenters. The molecular formula is C11H22O3. The molecule has 0 aliphatic rings. The molecule has 0 bridgehead atoms. The second-order valence-electron chi connectivity index (χ2n) is 3.44. The Morgan fingerprint density at radius 3 is 2.36 bits per heavy atom. The first-order valence-corrected chi connectivity index (χ1v) is 5.40. The Balaban J connectivity index is 3.23. The maximum atomic E-state index is 11.3. The Labute approximate surface area is 86.8 Å². The molecule has 0 aliphatic heterocycles. The summed E-state index contributed by atoms with van der Waals surface area (Å²) in [7, 11) is 0. The number of Topliss-reactive ketones (excluding diaryl/α,β-unsaturated/α-hetero) is 1. The van der Waals surface area contributed by atoms with Crippen molar-refractivity contribution in [3.8, 4) is 0 Å². The van der Waals surface area contributed by atoms with Crippen LogP contribution in [0, 0.1) is 5.92 Å². The summed E-state index contributed by atoms with van der Waals surface area (Å²) in [5.74, 6) is 0.301. The van der Waals surface area contributed by atoms with Crippen LogP contribution in [0.4, 0.5) is 0 Å². The highest BCUT2D eigenvalue weighted by molar-refractivity contribution is 5.81. The number of hydrogen-bond donors (Lipinski definition) is 0. The van der Waals surface area contributed by atoms with Crippen LogP contribution in [0.3, 0.4) is 0 Å². The van der Waals surface area contributed by atoms with E-state index in [-0.39, 0.29) is 18.3 Å². The van der Waals surface area contributed by atoms with Crippen LogP contribution in [0.2, 0.25) is 0 Å². The average Bonchev–Trinajstić information content (AvgIpc) is 2.21. The number of ether oxygens (including phenoxy) is 2. The fourth-order valence-corrected chi connectivity index (χ4v) is 0.907. The molecule has 0 saturated carbocycles. The van der Waals surface area contributed by atoms with Crippen molar-refractivity contribution in [3.63, 3.8) is 0 Å². The van der Waals surface area contributed by atoms with Crippen LogP contribution in [-0.4, -0.2) is 32.2 Å². The molecule has 1 unspecified atom stereocenters. The molecule has 0 radical (unpaired) electrons. The van der Waals surface area contributed by atoms with Gasteiger partial charge in [-0.05, 0) is 12.8 Å². The van der Waals surface area contributed by atoms with Crippen LogP contribution >= 0.6 is 0 Å². The maximum absolute atomic E-state index is 11.3. The fourth-order valence-electron chi connectivity index (χ4n) is 0.907. The quantitative estimate of drug-likeness (QED) is 0.537. The van der Waals surface area contributed by atoms with Crippen LogP contribution in [0.25, 0.3) is 0 Å². The second-order valence-corrected chi connectivity index (χ2v) is 3.44. The highest BCUT2D eigenvalue weighted by Gasteiger charge is 2.09. The molecule has 0 aromatic carbocycles. The smallest absolute Gasteiger partial charge is 0.161 e. The molecule has 0 aliphatic carbocycles. The first-order valence-electron chi connectivity index (χ1n) is 5.40. The van der Waals surface area contributed by atoms with Crippen molar-refractivity contribution in [2.24, 2.45) is 5.92 Å². The SMILES string of the molecule is CCCOCCOCC(=O)C(C)CC. The lowest BCUT2D eigenvalue weighted by Crippen LogP contribution is -2.18. The van der Waals surface area contributed by atoms with Crippen molar-refractivity contribution in [2.45, 2.75) is 33.6 Å². The van der Waals surface area contributed by atoms with E-state index in [2.05, 4.69) is 6.92 Å². The van der Waals surface area contributed by atoms with Crippen molar-refractivity contribution in [1.29, 1.82) is 0 Å². The third-order valence-electron chi connectivity index (χ3n) is 2.13. The molecule has 0 aromatic heterocycles. The van der Waals surface area contributed by atoms with Crippen molar-refractivity contribution in [1.82, 2.24) is 0 Å². The molecule has 0 heterocycles. The van der Waals surface area contributed by atoms with Gasteiger partial charge in [-0.15, -0.1) is 0 Å². The number of carbonyl (C=O) groups excluding carboxylic acids is 1. The standard InChI is InChI=1S/C11H22O3/c1-4-6-13-7-8-14-9-11(12)10(3)5-2/h10H,4-9H2,1-3H3. The van der Waals surface area contributed by atoms with Gasteiger partial charge in [0.25, 0.3) is 0 Å². The van der Waals surface area contributed by atoms with Crippen molar-refractivity contribution in [2.75, 3.05) is 26.4 Å². The molecule has 0 saturated heterocycles. The topological polar surface area (TPSA) is 35.5 Å². The van der Waals surface area contributed by atoms with Gasteiger partial charge in [0.1, 0.15) is 6.61 Å². The molecule has 0 amide bonds. The molecule has 0 N–H and O–H groups in total. The normalized spacial score (nSPS) is 12.8. The molecule has 0 spiro atoms. The molecule has 14 heavy (non-hydrogen) atoms. The summed E-state index contributed by atoms with van der Waals surface area (Å²) in [5, 5.41) is 0. The van der Waals surface area contributed by atoms with E-state index >= 15 is 0 Å². The van der Waals surface area contributed by atoms with Gasteiger partial charge in [-0.25, -0.2) is 0 Å². The van der Waals surface area contributed by atoms with Gasteiger partial charge >= 0.3 is 0 Å². The zero-order valence-electron chi connectivity index (χ0n) is 9.54. The number of rotatable bonds is 9. The third-order valence-corrected chi connectivity index (χ3v) is 2.13. The van der Waals surface area contributed by atoms with Crippen molar-refractivity contribution >= 4 is 5.78 Å². The van der Waals surface area contributed by atoms with Gasteiger partial charge < -0.3 is 9.47 Å². The van der Waals surface area contributed by atoms with Gasteiger partial charge in [0.2, 0.25) is 0 Å². The van der Waals surface area contributed by atoms with E-state index in [0.717, 1.165) is 19.4 Å². The van der Waals surface area contributed by atoms with E-state index in [4.69, 9.17) is 9.47 Å². The summed E-state index contributed by atoms with van der Waals surface area (Å²) in [4.78, 5) is 11.3. The van der Waals surface area contributed by atoms with E-state index in [9.17, 15) is 4.79 Å². The minimum atomic E-state index is 0.117. The maximum Gasteiger partial charge on any atom is 0.161 e. The zero-order valence-corrected chi connectivity index (χ0v) is 9.54. The Hall–Kier alpha value is -0.410. The fraction of sp³-hybridized carbons (Fsp3) is 0.909. The van der Waals surface area contributed by atoms with Gasteiger partial charge in [0.05, 0.1) is 13.2 Å². The lowest BCUT2D eigenvalue weighted by Gasteiger charge is -2.08. The predicted molar refractivity (Wildman–Crippen MR) is 56.4 cm³/mol. The largest absolute Gasteiger partial charge is 0.379 e. The number of ketones is 1. The highest BCUT2D eigenvalue weighted by Crippen LogP contribution is 2.01. The highest BCUT2D eigenvalue weighted by atomic mass is 16.5. The Morgan fingerprint density at radius 2 is 1.79 bits per heavy atom. The lowest BCUT2D eigenvalue weighted by molar-refractivity contribution is -0.127. The first-order chi connectivity index (χ1) is 6.72. The second kappa shape index (κ2) is 9.16. The Kier molecular flexibility index (Phi) is 8.89. The minimum Gasteiger partial charge on any atom is -0.379 e. The lowest BCUT2D eigenvalue weighted by atomic mass is 10.1. The van der Waals surface area contributed by atoms with Gasteiger partial charge in [0.15, 0.2) is 5.78 Å². The number of carbonyl (C=O) groups is 1. The monoisotopic (exact) mass is 202 g/mol. The molecule has 0 rings (SSSR count). The van der Waals surface area contributed by atoms with E-state index < -0.39 is 0 Å². The van der Waals surface area contributed by atoms with Gasteiger partial charge in [-0.1, -0.05) is 20.8 Å². The zero-order chi connectivity index (χ0) is 10.8. The Morgan fingerprint density at radius 1 is 1.14 bits per heavy atom. The van der Waals surface area contributed by atoms with E-state index in [1.807, 2.05) is 13.8 Å². The molecule has 3 nitrogen and oxygen atoms in total. The summed E-state index contributed by atoms with van der Waals surface area (Å²) >= 11 is 0. The third kappa shape index (κ3) is 7.04. The van der Waals surface area contributed by atoms with Crippen LogP contribution in [0.1, 0.15) is 33.6 Å². The summed E-state index contributed by atoms with van der Waals surface area (Å²) < 4.78 is 10.4. The molecule has 3 heteroatoms. The summed E-state index contributed by atoms with van der Waals surface area (Å²) in [6.45, 7) is 8.09. The van der Waals surface area contributed by atoms with E-state index in [1.54, 1.807) is 0 Å². The van der Waals surface area contributed by atoms with E-state index in [0.29, 0.717) is 13.2 Å². The average molecular weight is 202 g/mol. The Bertz CT molecular complexity index is 145. The van der Waals surface area contributed by atoms with Crippen LogP contribution < -0.4 is 0 Å². The summed E-state index contributed by atoms with van der Waals surface area (Å²) in [6, 6.07) is 0. The van der Waals surface area contributed by atoms with Gasteiger partial charge in [-0.2, -0.15) is 0 Å². The van der Waals surface area contributed by atoms with Gasteiger partial charge in [0, 0.05) is 12.5 Å². The number of hydrogen-bond acceptors (Lipinski definition) is 3. The molecule has 84 valence electrons. The van der Waals surface area contributed by atoms with Crippen LogP contribution in [0.5, 0.6) is 0 Å². The predicted octanol–water partition coefficient (Wildman–Crippen LogP) is 2.04. The van der Waals surface area contributed by atoms with Crippen LogP contribution in [-0.2, 0) is 14.3 Å². The minimum absolute atomic E-state index is 0.117. The summed E-state index contributed by atoms with van der Waals surface area (Å²) in [6.07, 6.45) is 1.90. The summed E-state index contributed by atoms with van der Waals surface area (Å²) in [5.41, 5.74) is 0. The molecule has 0 fully saturated rings. The molecule has 0 aromatic rings. The van der Waals surface area contributed by atoms with E-state index in [1.165, 1.54) is 0 Å². The van der Waals surface area contributed by atoms with Crippen molar-refractivity contribution < 1.29 is 14.3 Å². The molecular weight excluding hydrogens is 180 g/mol. The first kappa shape index (κ1) is 13.6.